The van der Waals surface area contributed by atoms with Gasteiger partial charge in [-0.3, -0.25) is 9.00 Å². The van der Waals surface area contributed by atoms with Crippen LogP contribution in [0.25, 0.3) is 0 Å². The van der Waals surface area contributed by atoms with E-state index in [4.69, 9.17) is 5.73 Å². The van der Waals surface area contributed by atoms with Gasteiger partial charge in [0, 0.05) is 16.7 Å². The zero-order valence-electron chi connectivity index (χ0n) is 11.1. The molecular weight excluding hydrogens is 328 g/mol. The summed E-state index contributed by atoms with van der Waals surface area (Å²) in [5.74, 6) is 0.320. The molecule has 1 unspecified atom stereocenters. The Hall–Kier alpha value is -0.880. The van der Waals surface area contributed by atoms with Gasteiger partial charge in [-0.2, -0.15) is 0 Å². The van der Waals surface area contributed by atoms with Gasteiger partial charge in [0.2, 0.25) is 5.91 Å². The lowest BCUT2D eigenvalue weighted by atomic mass is 10.1. The largest absolute Gasteiger partial charge is 0.399 e. The van der Waals surface area contributed by atoms with E-state index < -0.39 is 10.8 Å². The minimum atomic E-state index is -1.36. The Bertz CT molecular complexity index is 478. The first kappa shape index (κ1) is 16.2. The number of nitrogens with two attached hydrogens (primary N) is 1. The molecule has 19 heavy (non-hydrogen) atoms. The van der Waals surface area contributed by atoms with Gasteiger partial charge >= 0.3 is 0 Å². The number of benzene rings is 1. The SMILES string of the molecule is CC(C)CCNC(=O)CS(=O)c1ccc(N)cc1Br. The van der Waals surface area contributed by atoms with E-state index in [2.05, 4.69) is 35.1 Å². The molecule has 0 heterocycles. The van der Waals surface area contributed by atoms with Gasteiger partial charge in [0.1, 0.15) is 5.75 Å². The van der Waals surface area contributed by atoms with Crippen LogP contribution in [-0.4, -0.2) is 22.4 Å². The molecule has 4 nitrogen and oxygen atoms in total. The van der Waals surface area contributed by atoms with E-state index in [9.17, 15) is 9.00 Å². The van der Waals surface area contributed by atoms with Crippen LogP contribution >= 0.6 is 15.9 Å². The van der Waals surface area contributed by atoms with Gasteiger partial charge in [0.25, 0.3) is 0 Å². The monoisotopic (exact) mass is 346 g/mol. The van der Waals surface area contributed by atoms with E-state index in [1.807, 2.05) is 0 Å². The molecule has 0 bridgehead atoms. The summed E-state index contributed by atoms with van der Waals surface area (Å²) in [4.78, 5) is 12.2. The Morgan fingerprint density at radius 1 is 1.47 bits per heavy atom. The van der Waals surface area contributed by atoms with E-state index >= 15 is 0 Å². The topological polar surface area (TPSA) is 72.2 Å². The smallest absolute Gasteiger partial charge is 0.233 e. The summed E-state index contributed by atoms with van der Waals surface area (Å²) < 4.78 is 12.7. The lowest BCUT2D eigenvalue weighted by Gasteiger charge is -2.08. The summed E-state index contributed by atoms with van der Waals surface area (Å²) in [7, 11) is -1.36. The molecule has 1 atom stereocenters. The third-order valence-electron chi connectivity index (χ3n) is 2.51. The Morgan fingerprint density at radius 3 is 2.74 bits per heavy atom. The number of anilines is 1. The van der Waals surface area contributed by atoms with Crippen LogP contribution in [-0.2, 0) is 15.6 Å². The van der Waals surface area contributed by atoms with Crippen LogP contribution in [0.2, 0.25) is 0 Å². The summed E-state index contributed by atoms with van der Waals surface area (Å²) in [5, 5.41) is 2.77. The van der Waals surface area contributed by atoms with E-state index in [-0.39, 0.29) is 11.7 Å². The van der Waals surface area contributed by atoms with Crippen molar-refractivity contribution in [3.63, 3.8) is 0 Å². The number of rotatable bonds is 6. The molecule has 0 aromatic heterocycles. The van der Waals surface area contributed by atoms with Crippen LogP contribution in [0.15, 0.2) is 27.6 Å². The fraction of sp³-hybridized carbons (Fsp3) is 0.462. The Labute approximate surface area is 124 Å². The van der Waals surface area contributed by atoms with Crippen molar-refractivity contribution < 1.29 is 9.00 Å². The van der Waals surface area contributed by atoms with Crippen molar-refractivity contribution in [1.29, 1.82) is 0 Å². The van der Waals surface area contributed by atoms with Gasteiger partial charge in [0.15, 0.2) is 0 Å². The van der Waals surface area contributed by atoms with Crippen molar-refractivity contribution in [2.24, 2.45) is 5.92 Å². The van der Waals surface area contributed by atoms with Crippen LogP contribution < -0.4 is 11.1 Å². The molecule has 1 aromatic carbocycles. The molecule has 0 radical (unpaired) electrons. The summed E-state index contributed by atoms with van der Waals surface area (Å²) >= 11 is 3.30. The molecule has 0 fully saturated rings. The lowest BCUT2D eigenvalue weighted by Crippen LogP contribution is -2.29. The summed E-state index contributed by atoms with van der Waals surface area (Å²) in [6, 6.07) is 5.04. The van der Waals surface area contributed by atoms with Crippen molar-refractivity contribution in [2.45, 2.75) is 25.2 Å². The van der Waals surface area contributed by atoms with Gasteiger partial charge in [-0.05, 0) is 46.5 Å². The quantitative estimate of drug-likeness (QED) is 0.776. The van der Waals surface area contributed by atoms with E-state index in [0.29, 0.717) is 27.5 Å². The van der Waals surface area contributed by atoms with Crippen molar-refractivity contribution in [2.75, 3.05) is 18.0 Å². The molecule has 6 heteroatoms. The maximum absolute atomic E-state index is 12.1. The number of hydrogen-bond acceptors (Lipinski definition) is 3. The molecule has 0 aliphatic heterocycles. The number of halogens is 1. The third kappa shape index (κ3) is 5.74. The number of hydrogen-bond donors (Lipinski definition) is 2. The highest BCUT2D eigenvalue weighted by Crippen LogP contribution is 2.23. The van der Waals surface area contributed by atoms with Crippen molar-refractivity contribution in [1.82, 2.24) is 5.32 Å². The fourth-order valence-electron chi connectivity index (χ4n) is 1.45. The molecular formula is C13H19BrN2O2S. The van der Waals surface area contributed by atoms with Crippen molar-refractivity contribution in [3.8, 4) is 0 Å². The average molecular weight is 347 g/mol. The van der Waals surface area contributed by atoms with Gasteiger partial charge in [-0.1, -0.05) is 13.8 Å². The van der Waals surface area contributed by atoms with E-state index in [1.54, 1.807) is 18.2 Å². The van der Waals surface area contributed by atoms with Crippen molar-refractivity contribution in [3.05, 3.63) is 22.7 Å². The minimum Gasteiger partial charge on any atom is -0.399 e. The van der Waals surface area contributed by atoms with E-state index in [1.165, 1.54) is 0 Å². The first-order valence-electron chi connectivity index (χ1n) is 6.10. The third-order valence-corrected chi connectivity index (χ3v) is 4.80. The van der Waals surface area contributed by atoms with Crippen LogP contribution in [0.4, 0.5) is 5.69 Å². The second-order valence-electron chi connectivity index (χ2n) is 4.71. The molecule has 0 aliphatic rings. The standard InChI is InChI=1S/C13H19BrN2O2S/c1-9(2)5-6-16-13(17)8-19(18)12-4-3-10(15)7-11(12)14/h3-4,7,9H,5-6,8,15H2,1-2H3,(H,16,17). The molecule has 1 amide bonds. The average Bonchev–Trinajstić information content (AvgIpc) is 2.27. The predicted octanol–water partition coefficient (Wildman–Crippen LogP) is 2.30. The second-order valence-corrected chi connectivity index (χ2v) is 6.99. The van der Waals surface area contributed by atoms with Crippen LogP contribution in [0.1, 0.15) is 20.3 Å². The Morgan fingerprint density at radius 2 is 2.16 bits per heavy atom. The summed E-state index contributed by atoms with van der Waals surface area (Å²) in [6.07, 6.45) is 0.921. The number of nitrogen functional groups attached to an aromatic ring is 1. The van der Waals surface area contributed by atoms with Crippen LogP contribution in [0.3, 0.4) is 0 Å². The maximum atomic E-state index is 12.1. The predicted molar refractivity (Wildman–Crippen MR) is 82.3 cm³/mol. The summed E-state index contributed by atoms with van der Waals surface area (Å²) in [5.41, 5.74) is 6.21. The highest BCUT2D eigenvalue weighted by atomic mass is 79.9. The fourth-order valence-corrected chi connectivity index (χ4v) is 3.38. The maximum Gasteiger partial charge on any atom is 0.233 e. The number of carbonyl (C=O) groups is 1. The second kappa shape index (κ2) is 7.65. The first-order valence-corrected chi connectivity index (χ1v) is 8.21. The van der Waals surface area contributed by atoms with Gasteiger partial charge in [0.05, 0.1) is 15.7 Å². The summed E-state index contributed by atoms with van der Waals surface area (Å²) in [6.45, 7) is 4.81. The number of carbonyl (C=O) groups excluding carboxylic acids is 1. The molecule has 0 saturated heterocycles. The van der Waals surface area contributed by atoms with Gasteiger partial charge in [-0.25, -0.2) is 0 Å². The first-order chi connectivity index (χ1) is 8.90. The minimum absolute atomic E-state index is 0.0272. The number of nitrogens with one attached hydrogen (secondary N) is 1. The van der Waals surface area contributed by atoms with Crippen molar-refractivity contribution >= 4 is 38.3 Å². The molecule has 106 valence electrons. The number of amides is 1. The molecule has 1 aromatic rings. The zero-order chi connectivity index (χ0) is 14.4. The van der Waals surface area contributed by atoms with Gasteiger partial charge < -0.3 is 11.1 Å². The molecule has 1 rings (SSSR count). The Kier molecular flexibility index (Phi) is 6.51. The van der Waals surface area contributed by atoms with Gasteiger partial charge in [-0.15, -0.1) is 0 Å². The highest BCUT2D eigenvalue weighted by Gasteiger charge is 2.13. The molecule has 0 spiro atoms. The molecule has 0 saturated carbocycles. The highest BCUT2D eigenvalue weighted by molar-refractivity contribution is 9.10. The normalized spacial score (nSPS) is 12.4. The molecule has 3 N–H and O–H groups in total. The Balaban J connectivity index is 2.52. The lowest BCUT2D eigenvalue weighted by molar-refractivity contribution is -0.118. The molecule has 0 aliphatic carbocycles. The van der Waals surface area contributed by atoms with Crippen LogP contribution in [0.5, 0.6) is 0 Å². The zero-order valence-corrected chi connectivity index (χ0v) is 13.5. The van der Waals surface area contributed by atoms with Crippen LogP contribution in [0, 0.1) is 5.92 Å². The van der Waals surface area contributed by atoms with E-state index in [0.717, 1.165) is 6.42 Å².